The summed E-state index contributed by atoms with van der Waals surface area (Å²) in [7, 11) is 0. The third kappa shape index (κ3) is 9.96. The smallest absolute Gasteiger partial charge is 0.408 e. The number of amides is 3. The van der Waals surface area contributed by atoms with Crippen molar-refractivity contribution in [3.8, 4) is 11.1 Å². The first kappa shape index (κ1) is 41.3. The van der Waals surface area contributed by atoms with E-state index in [0.717, 1.165) is 70.8 Å². The van der Waals surface area contributed by atoms with Crippen molar-refractivity contribution in [3.05, 3.63) is 165 Å². The lowest BCUT2D eigenvalue weighted by Gasteiger charge is -2.41. The summed E-state index contributed by atoms with van der Waals surface area (Å²) in [6.07, 6.45) is -1.33. The standard InChI is InChI=1S/C47H47N5O9/c53-30-32-10-12-35(13-11-32)43-26-40(29-49-22-24-50(25-23-49)38-18-20-39(21-19-38)52(57)58)60-46(61-43)36-16-14-34(15-17-36)41-9-5-4-8-37(41)28-51-44(54)27-42(45(51)55)48-47(56)59-31-33-6-2-1-3-7-33/h1-21,40,42-43,46,53H,22-31H2,(H,48,56)/t40-,42?,43+,46+/m1/s1. The Labute approximate surface area is 353 Å². The fourth-order valence-electron chi connectivity index (χ4n) is 8.09. The lowest BCUT2D eigenvalue weighted by Crippen LogP contribution is -2.49. The predicted molar refractivity (Wildman–Crippen MR) is 226 cm³/mol. The number of rotatable bonds is 13. The van der Waals surface area contributed by atoms with Gasteiger partial charge in [-0.1, -0.05) is 103 Å². The number of nitrogens with one attached hydrogen (secondary N) is 1. The Morgan fingerprint density at radius 1 is 0.803 bits per heavy atom. The number of alkyl carbamates (subject to hydrolysis) is 1. The summed E-state index contributed by atoms with van der Waals surface area (Å²) in [6.45, 7) is 3.91. The summed E-state index contributed by atoms with van der Waals surface area (Å²) < 4.78 is 18.6. The van der Waals surface area contributed by atoms with Gasteiger partial charge >= 0.3 is 6.09 Å². The van der Waals surface area contributed by atoms with Crippen molar-refractivity contribution >= 4 is 29.3 Å². The van der Waals surface area contributed by atoms with Gasteiger partial charge in [0.25, 0.3) is 11.6 Å². The molecular weight excluding hydrogens is 779 g/mol. The summed E-state index contributed by atoms with van der Waals surface area (Å²) in [5.74, 6) is -0.864. The van der Waals surface area contributed by atoms with Crippen LogP contribution in [0.15, 0.2) is 127 Å². The van der Waals surface area contributed by atoms with Crippen LogP contribution >= 0.6 is 0 Å². The molecule has 0 radical (unpaired) electrons. The van der Waals surface area contributed by atoms with Crippen LogP contribution in [0.4, 0.5) is 16.2 Å². The number of hydrogen-bond acceptors (Lipinski definition) is 11. The molecule has 3 saturated heterocycles. The second kappa shape index (κ2) is 18.9. The van der Waals surface area contributed by atoms with Crippen LogP contribution in [0.3, 0.4) is 0 Å². The third-order valence-corrected chi connectivity index (χ3v) is 11.5. The first-order valence-electron chi connectivity index (χ1n) is 20.4. The van der Waals surface area contributed by atoms with Crippen LogP contribution in [0.1, 0.15) is 53.1 Å². The van der Waals surface area contributed by atoms with Gasteiger partial charge in [0.15, 0.2) is 6.29 Å². The zero-order chi connectivity index (χ0) is 42.3. The molecule has 61 heavy (non-hydrogen) atoms. The number of carbonyl (C=O) groups is 3. The van der Waals surface area contributed by atoms with Gasteiger partial charge < -0.3 is 29.5 Å². The van der Waals surface area contributed by atoms with E-state index in [4.69, 9.17) is 14.2 Å². The number of carbonyl (C=O) groups excluding carboxylic acids is 3. The largest absolute Gasteiger partial charge is 0.445 e. The third-order valence-electron chi connectivity index (χ3n) is 11.5. The fourth-order valence-corrected chi connectivity index (χ4v) is 8.09. The summed E-state index contributed by atoms with van der Waals surface area (Å²) in [5, 5.41) is 23.3. The van der Waals surface area contributed by atoms with Crippen molar-refractivity contribution < 1.29 is 38.6 Å². The van der Waals surface area contributed by atoms with Gasteiger partial charge in [0, 0.05) is 62.5 Å². The fraction of sp³-hybridized carbons (Fsp3) is 0.298. The van der Waals surface area contributed by atoms with Gasteiger partial charge in [-0.15, -0.1) is 0 Å². The summed E-state index contributed by atoms with van der Waals surface area (Å²) in [5.41, 5.74) is 7.00. The number of piperazine rings is 1. The highest BCUT2D eigenvalue weighted by molar-refractivity contribution is 6.06. The van der Waals surface area contributed by atoms with Crippen LogP contribution in [0, 0.1) is 10.1 Å². The SMILES string of the molecule is O=C(NC1CC(=O)N(Cc2ccccc2-c2ccc([C@H]3O[C@@H](CN4CCN(c5ccc([N+](=O)[O-])cc5)CC4)C[C@@H](c4ccc(CO)cc4)O3)cc2)C1=O)OCc1ccccc1. The Balaban J connectivity index is 0.926. The second-order valence-electron chi connectivity index (χ2n) is 15.5. The maximum atomic E-state index is 13.4. The summed E-state index contributed by atoms with van der Waals surface area (Å²) in [4.78, 5) is 55.5. The molecule has 5 aromatic rings. The Hall–Kier alpha value is -6.45. The number of aliphatic hydroxyl groups excluding tert-OH is 1. The molecule has 14 nitrogen and oxygen atoms in total. The van der Waals surface area contributed by atoms with Crippen LogP contribution in [0.5, 0.6) is 0 Å². The number of likely N-dealkylation sites (tertiary alicyclic amines) is 1. The molecule has 3 fully saturated rings. The van der Waals surface area contributed by atoms with Gasteiger partial charge in [-0.05, 0) is 45.5 Å². The number of aliphatic hydroxyl groups is 1. The van der Waals surface area contributed by atoms with E-state index in [1.54, 1.807) is 24.3 Å². The topological polar surface area (TPSA) is 164 Å². The summed E-state index contributed by atoms with van der Waals surface area (Å²) >= 11 is 0. The molecule has 2 N–H and O–H groups in total. The first-order chi connectivity index (χ1) is 29.7. The van der Waals surface area contributed by atoms with Gasteiger partial charge in [-0.3, -0.25) is 29.5 Å². The van der Waals surface area contributed by atoms with E-state index in [2.05, 4.69) is 15.1 Å². The Bertz CT molecular complexity index is 2320. The van der Waals surface area contributed by atoms with Crippen LogP contribution < -0.4 is 10.2 Å². The van der Waals surface area contributed by atoms with Crippen molar-refractivity contribution in [3.63, 3.8) is 0 Å². The molecule has 14 heteroatoms. The molecule has 3 heterocycles. The summed E-state index contributed by atoms with van der Waals surface area (Å²) in [6, 6.07) is 38.2. The van der Waals surface area contributed by atoms with Gasteiger partial charge in [-0.2, -0.15) is 0 Å². The molecule has 3 aliphatic heterocycles. The number of anilines is 1. The van der Waals surface area contributed by atoms with E-state index < -0.39 is 24.3 Å². The molecule has 0 saturated carbocycles. The number of nitrogens with zero attached hydrogens (tertiary/aromatic N) is 4. The average Bonchev–Trinajstić information content (AvgIpc) is 3.56. The molecular formula is C47H47N5O9. The zero-order valence-corrected chi connectivity index (χ0v) is 33.5. The molecule has 4 atom stereocenters. The molecule has 0 bridgehead atoms. The molecule has 0 aliphatic carbocycles. The van der Waals surface area contributed by atoms with Crippen molar-refractivity contribution in [2.24, 2.45) is 0 Å². The van der Waals surface area contributed by atoms with Crippen LogP contribution in [-0.4, -0.2) is 82.6 Å². The Morgan fingerprint density at radius 2 is 1.49 bits per heavy atom. The predicted octanol–water partition coefficient (Wildman–Crippen LogP) is 6.68. The number of imide groups is 1. The van der Waals surface area contributed by atoms with Crippen molar-refractivity contribution in [2.75, 3.05) is 37.6 Å². The maximum Gasteiger partial charge on any atom is 0.408 e. The monoisotopic (exact) mass is 825 g/mol. The zero-order valence-electron chi connectivity index (χ0n) is 33.5. The highest BCUT2D eigenvalue weighted by Gasteiger charge is 2.40. The van der Waals surface area contributed by atoms with Gasteiger partial charge in [0.05, 0.1) is 36.7 Å². The van der Waals surface area contributed by atoms with Crippen LogP contribution in [-0.2, 0) is 43.6 Å². The number of ether oxygens (including phenoxy) is 3. The number of hydrogen-bond donors (Lipinski definition) is 2. The highest BCUT2D eigenvalue weighted by atomic mass is 16.7. The van der Waals surface area contributed by atoms with Gasteiger partial charge in [-0.25, -0.2) is 4.79 Å². The molecule has 0 aromatic heterocycles. The maximum absolute atomic E-state index is 13.4. The molecule has 1 unspecified atom stereocenters. The quantitative estimate of drug-likeness (QED) is 0.0740. The molecule has 3 aliphatic rings. The minimum atomic E-state index is -1.01. The van der Waals surface area contributed by atoms with E-state index >= 15 is 0 Å². The number of nitro groups is 1. The van der Waals surface area contributed by atoms with E-state index in [9.17, 15) is 29.6 Å². The molecule has 8 rings (SSSR count). The second-order valence-corrected chi connectivity index (χ2v) is 15.5. The van der Waals surface area contributed by atoms with Crippen molar-refractivity contribution in [2.45, 2.75) is 57.1 Å². The number of benzene rings is 5. The minimum Gasteiger partial charge on any atom is -0.445 e. The molecule has 3 amide bonds. The van der Waals surface area contributed by atoms with Crippen LogP contribution in [0.25, 0.3) is 11.1 Å². The lowest BCUT2D eigenvalue weighted by molar-refractivity contribution is -0.384. The molecule has 5 aromatic carbocycles. The van der Waals surface area contributed by atoms with Crippen LogP contribution in [0.2, 0.25) is 0 Å². The Kier molecular flexibility index (Phi) is 12.8. The Morgan fingerprint density at radius 3 is 2.20 bits per heavy atom. The first-order valence-corrected chi connectivity index (χ1v) is 20.4. The molecule has 0 spiro atoms. The minimum absolute atomic E-state index is 0.0439. The van der Waals surface area contributed by atoms with Crippen molar-refractivity contribution in [1.29, 1.82) is 0 Å². The molecule has 314 valence electrons. The van der Waals surface area contributed by atoms with E-state index in [0.29, 0.717) is 13.0 Å². The van der Waals surface area contributed by atoms with Gasteiger partial charge in [0.1, 0.15) is 12.6 Å². The normalized spacial score (nSPS) is 20.7. The number of non-ortho nitro benzene ring substituents is 1. The van der Waals surface area contributed by atoms with E-state index in [-0.39, 0.29) is 54.9 Å². The van der Waals surface area contributed by atoms with Crippen molar-refractivity contribution in [1.82, 2.24) is 15.1 Å². The van der Waals surface area contributed by atoms with E-state index in [1.165, 1.54) is 4.90 Å². The highest BCUT2D eigenvalue weighted by Crippen LogP contribution is 2.39. The number of nitro benzene ring substituents is 1. The van der Waals surface area contributed by atoms with Gasteiger partial charge in [0.2, 0.25) is 5.91 Å². The van der Waals surface area contributed by atoms with E-state index in [1.807, 2.05) is 103 Å². The lowest BCUT2D eigenvalue weighted by atomic mass is 9.97. The average molecular weight is 826 g/mol.